The average molecular weight is 173 g/mol. The molecule has 0 aliphatic rings. The SMILES string of the molecule is CCC(CC)C(N)CNC(N)=O. The third-order valence-corrected chi connectivity index (χ3v) is 2.17. The van der Waals surface area contributed by atoms with E-state index in [9.17, 15) is 4.79 Å². The Bertz CT molecular complexity index is 134. The fraction of sp³-hybridized carbons (Fsp3) is 0.875. The first-order valence-corrected chi connectivity index (χ1v) is 4.40. The Hall–Kier alpha value is -0.770. The molecule has 5 N–H and O–H groups in total. The zero-order valence-electron chi connectivity index (χ0n) is 7.84. The van der Waals surface area contributed by atoms with Crippen LogP contribution in [0.1, 0.15) is 26.7 Å². The molecule has 0 aliphatic carbocycles. The summed E-state index contributed by atoms with van der Waals surface area (Å²) in [6.45, 7) is 4.66. The van der Waals surface area contributed by atoms with Crippen molar-refractivity contribution in [3.63, 3.8) is 0 Å². The van der Waals surface area contributed by atoms with Gasteiger partial charge in [-0.2, -0.15) is 0 Å². The zero-order chi connectivity index (χ0) is 9.56. The predicted molar refractivity (Wildman–Crippen MR) is 49.6 cm³/mol. The van der Waals surface area contributed by atoms with E-state index in [-0.39, 0.29) is 6.04 Å². The van der Waals surface area contributed by atoms with Gasteiger partial charge in [0.05, 0.1) is 0 Å². The van der Waals surface area contributed by atoms with Crippen LogP contribution in [-0.4, -0.2) is 18.6 Å². The van der Waals surface area contributed by atoms with Crippen molar-refractivity contribution in [1.82, 2.24) is 5.32 Å². The van der Waals surface area contributed by atoms with Crippen molar-refractivity contribution in [2.24, 2.45) is 17.4 Å². The van der Waals surface area contributed by atoms with Crippen molar-refractivity contribution < 1.29 is 4.79 Å². The van der Waals surface area contributed by atoms with Crippen LogP contribution in [0.3, 0.4) is 0 Å². The molecule has 0 aromatic rings. The van der Waals surface area contributed by atoms with Crippen LogP contribution in [0.25, 0.3) is 0 Å². The first-order valence-electron chi connectivity index (χ1n) is 4.40. The lowest BCUT2D eigenvalue weighted by molar-refractivity contribution is 0.246. The molecule has 0 radical (unpaired) electrons. The number of amides is 2. The summed E-state index contributed by atoms with van der Waals surface area (Å²) in [6.07, 6.45) is 2.08. The summed E-state index contributed by atoms with van der Waals surface area (Å²) in [5.41, 5.74) is 10.7. The third kappa shape index (κ3) is 4.18. The monoisotopic (exact) mass is 173 g/mol. The molecule has 12 heavy (non-hydrogen) atoms. The van der Waals surface area contributed by atoms with Crippen LogP contribution in [0.2, 0.25) is 0 Å². The second-order valence-corrected chi connectivity index (χ2v) is 2.99. The van der Waals surface area contributed by atoms with E-state index in [0.717, 1.165) is 12.8 Å². The maximum Gasteiger partial charge on any atom is 0.312 e. The molecule has 4 heteroatoms. The lowest BCUT2D eigenvalue weighted by Gasteiger charge is -2.20. The first-order chi connectivity index (χ1) is 5.61. The van der Waals surface area contributed by atoms with E-state index in [1.807, 2.05) is 0 Å². The van der Waals surface area contributed by atoms with Gasteiger partial charge >= 0.3 is 6.03 Å². The fourth-order valence-electron chi connectivity index (χ4n) is 1.28. The standard InChI is InChI=1S/C8H19N3O/c1-3-6(4-2)7(9)5-11-8(10)12/h6-7H,3-5,9H2,1-2H3,(H3,10,11,12). The van der Waals surface area contributed by atoms with Gasteiger partial charge in [-0.15, -0.1) is 0 Å². The summed E-state index contributed by atoms with van der Waals surface area (Å²) >= 11 is 0. The molecular weight excluding hydrogens is 154 g/mol. The molecule has 0 heterocycles. The molecule has 2 amide bonds. The highest BCUT2D eigenvalue weighted by atomic mass is 16.2. The van der Waals surface area contributed by atoms with Crippen LogP contribution in [0, 0.1) is 5.92 Å². The van der Waals surface area contributed by atoms with Gasteiger partial charge < -0.3 is 16.8 Å². The number of carbonyl (C=O) groups is 1. The van der Waals surface area contributed by atoms with E-state index >= 15 is 0 Å². The third-order valence-electron chi connectivity index (χ3n) is 2.17. The first kappa shape index (κ1) is 11.2. The minimum atomic E-state index is -0.503. The number of hydrogen-bond acceptors (Lipinski definition) is 2. The number of nitrogens with one attached hydrogen (secondary N) is 1. The average Bonchev–Trinajstić information content (AvgIpc) is 2.03. The summed E-state index contributed by atoms with van der Waals surface area (Å²) in [5, 5.41) is 2.51. The molecule has 0 spiro atoms. The van der Waals surface area contributed by atoms with Crippen LogP contribution in [0.5, 0.6) is 0 Å². The van der Waals surface area contributed by atoms with Crippen LogP contribution < -0.4 is 16.8 Å². The van der Waals surface area contributed by atoms with Gasteiger partial charge in [-0.3, -0.25) is 0 Å². The molecule has 0 rings (SSSR count). The summed E-state index contributed by atoms with van der Waals surface area (Å²) in [5.74, 6) is 0.469. The van der Waals surface area contributed by atoms with Crippen molar-refractivity contribution in [3.05, 3.63) is 0 Å². The Kier molecular flexibility index (Phi) is 5.45. The Morgan fingerprint density at radius 2 is 1.92 bits per heavy atom. The highest BCUT2D eigenvalue weighted by Crippen LogP contribution is 2.10. The summed E-state index contributed by atoms with van der Waals surface area (Å²) in [6, 6.07) is -0.482. The highest BCUT2D eigenvalue weighted by molar-refractivity contribution is 5.71. The van der Waals surface area contributed by atoms with Crippen LogP contribution >= 0.6 is 0 Å². The number of urea groups is 1. The van der Waals surface area contributed by atoms with Gasteiger partial charge in [-0.1, -0.05) is 26.7 Å². The molecule has 1 atom stereocenters. The number of hydrogen-bond donors (Lipinski definition) is 3. The number of rotatable bonds is 5. The number of primary amides is 1. The minimum Gasteiger partial charge on any atom is -0.352 e. The van der Waals surface area contributed by atoms with E-state index in [0.29, 0.717) is 12.5 Å². The van der Waals surface area contributed by atoms with Gasteiger partial charge in [0.2, 0.25) is 0 Å². The van der Waals surface area contributed by atoms with E-state index < -0.39 is 6.03 Å². The Morgan fingerprint density at radius 1 is 1.42 bits per heavy atom. The minimum absolute atomic E-state index is 0.0208. The lowest BCUT2D eigenvalue weighted by Crippen LogP contribution is -2.43. The van der Waals surface area contributed by atoms with Crippen molar-refractivity contribution in [2.45, 2.75) is 32.7 Å². The van der Waals surface area contributed by atoms with Crippen molar-refractivity contribution >= 4 is 6.03 Å². The Balaban J connectivity index is 3.68. The number of nitrogens with two attached hydrogens (primary N) is 2. The van der Waals surface area contributed by atoms with Gasteiger partial charge in [-0.05, 0) is 5.92 Å². The predicted octanol–water partition coefficient (Wildman–Crippen LogP) is 0.418. The van der Waals surface area contributed by atoms with Gasteiger partial charge in [-0.25, -0.2) is 4.79 Å². The van der Waals surface area contributed by atoms with Crippen LogP contribution in [0.15, 0.2) is 0 Å². The topological polar surface area (TPSA) is 81.1 Å². The second kappa shape index (κ2) is 5.83. The lowest BCUT2D eigenvalue weighted by atomic mass is 9.95. The molecule has 72 valence electrons. The smallest absolute Gasteiger partial charge is 0.312 e. The van der Waals surface area contributed by atoms with E-state index in [1.54, 1.807) is 0 Å². The maximum absolute atomic E-state index is 10.4. The summed E-state index contributed by atoms with van der Waals surface area (Å²) in [7, 11) is 0. The molecule has 0 saturated heterocycles. The van der Waals surface area contributed by atoms with Gasteiger partial charge in [0, 0.05) is 12.6 Å². The van der Waals surface area contributed by atoms with Gasteiger partial charge in [0.15, 0.2) is 0 Å². The van der Waals surface area contributed by atoms with E-state index in [1.165, 1.54) is 0 Å². The van der Waals surface area contributed by atoms with Crippen molar-refractivity contribution in [1.29, 1.82) is 0 Å². The summed E-state index contributed by atoms with van der Waals surface area (Å²) < 4.78 is 0. The largest absolute Gasteiger partial charge is 0.352 e. The maximum atomic E-state index is 10.4. The van der Waals surface area contributed by atoms with Crippen molar-refractivity contribution in [2.75, 3.05) is 6.54 Å². The van der Waals surface area contributed by atoms with Gasteiger partial charge in [0.25, 0.3) is 0 Å². The van der Waals surface area contributed by atoms with Gasteiger partial charge in [0.1, 0.15) is 0 Å². The molecule has 4 nitrogen and oxygen atoms in total. The van der Waals surface area contributed by atoms with Crippen LogP contribution in [0.4, 0.5) is 4.79 Å². The normalized spacial score (nSPS) is 13.0. The molecule has 0 aliphatic heterocycles. The zero-order valence-corrected chi connectivity index (χ0v) is 7.84. The molecule has 0 saturated carbocycles. The van der Waals surface area contributed by atoms with Crippen molar-refractivity contribution in [3.8, 4) is 0 Å². The quantitative estimate of drug-likeness (QED) is 0.563. The molecule has 0 fully saturated rings. The van der Waals surface area contributed by atoms with E-state index in [2.05, 4.69) is 19.2 Å². The Morgan fingerprint density at radius 3 is 2.25 bits per heavy atom. The molecular formula is C8H19N3O. The summed E-state index contributed by atoms with van der Waals surface area (Å²) in [4.78, 5) is 10.4. The molecule has 0 aromatic heterocycles. The fourth-order valence-corrected chi connectivity index (χ4v) is 1.28. The number of carbonyl (C=O) groups excluding carboxylic acids is 1. The highest BCUT2D eigenvalue weighted by Gasteiger charge is 2.13. The second-order valence-electron chi connectivity index (χ2n) is 2.99. The van der Waals surface area contributed by atoms with E-state index in [4.69, 9.17) is 11.5 Å². The molecule has 0 aromatic carbocycles. The molecule has 0 bridgehead atoms. The molecule has 1 unspecified atom stereocenters. The Labute approximate surface area is 73.7 Å². The van der Waals surface area contributed by atoms with Crippen LogP contribution in [-0.2, 0) is 0 Å².